The van der Waals surface area contributed by atoms with E-state index < -0.39 is 5.97 Å². The molecule has 0 aromatic heterocycles. The number of hydrogen-bond acceptors (Lipinski definition) is 3. The zero-order valence-corrected chi connectivity index (χ0v) is 8.07. The summed E-state index contributed by atoms with van der Waals surface area (Å²) in [7, 11) is 2.05. The molecule has 1 aliphatic rings. The Hall–Kier alpha value is -0.610. The van der Waals surface area contributed by atoms with Gasteiger partial charge in [-0.05, 0) is 38.9 Å². The highest BCUT2D eigenvalue weighted by atomic mass is 16.4. The second kappa shape index (κ2) is 4.58. The monoisotopic (exact) mass is 186 g/mol. The lowest BCUT2D eigenvalue weighted by molar-refractivity contribution is -0.138. The van der Waals surface area contributed by atoms with Crippen LogP contribution in [0.2, 0.25) is 0 Å². The van der Waals surface area contributed by atoms with Crippen LogP contribution in [0.4, 0.5) is 0 Å². The zero-order valence-electron chi connectivity index (χ0n) is 8.07. The first kappa shape index (κ1) is 10.5. The molecule has 1 rings (SSSR count). The molecular weight excluding hydrogens is 168 g/mol. The Morgan fingerprint density at radius 1 is 1.54 bits per heavy atom. The molecule has 1 heterocycles. The maximum atomic E-state index is 10.5. The number of likely N-dealkylation sites (tertiary alicyclic amines) is 1. The Balaban J connectivity index is 2.46. The summed E-state index contributed by atoms with van der Waals surface area (Å²) in [5.74, 6) is -0.576. The van der Waals surface area contributed by atoms with Gasteiger partial charge in [0.1, 0.15) is 0 Å². The molecule has 3 N–H and O–H groups in total. The minimum Gasteiger partial charge on any atom is -0.481 e. The number of nitrogens with zero attached hydrogens (tertiary/aromatic N) is 1. The second-order valence-corrected chi connectivity index (χ2v) is 3.90. The number of rotatable bonds is 2. The van der Waals surface area contributed by atoms with Crippen LogP contribution < -0.4 is 5.73 Å². The molecule has 0 aromatic rings. The predicted octanol–water partition coefficient (Wildman–Crippen LogP) is 0.130. The molecule has 1 aliphatic heterocycles. The number of carboxylic acids is 1. The van der Waals surface area contributed by atoms with Crippen molar-refractivity contribution in [3.63, 3.8) is 0 Å². The Labute approximate surface area is 78.7 Å². The first-order chi connectivity index (χ1) is 6.09. The summed E-state index contributed by atoms with van der Waals surface area (Å²) in [6.45, 7) is 1.95. The summed E-state index contributed by atoms with van der Waals surface area (Å²) in [5.41, 5.74) is 5.90. The fourth-order valence-corrected chi connectivity index (χ4v) is 1.79. The van der Waals surface area contributed by atoms with Crippen molar-refractivity contribution >= 4 is 5.97 Å². The van der Waals surface area contributed by atoms with Gasteiger partial charge in [-0.3, -0.25) is 4.79 Å². The van der Waals surface area contributed by atoms with Gasteiger partial charge in [-0.15, -0.1) is 0 Å². The van der Waals surface area contributed by atoms with Crippen molar-refractivity contribution in [1.29, 1.82) is 0 Å². The Bertz CT molecular complexity index is 184. The molecule has 1 saturated heterocycles. The van der Waals surface area contributed by atoms with Crippen molar-refractivity contribution in [3.8, 4) is 0 Å². The summed E-state index contributed by atoms with van der Waals surface area (Å²) in [6.07, 6.45) is 2.04. The van der Waals surface area contributed by atoms with Crippen LogP contribution in [-0.4, -0.2) is 42.2 Å². The predicted molar refractivity (Wildman–Crippen MR) is 50.4 cm³/mol. The lowest BCUT2D eigenvalue weighted by atomic mass is 9.92. The standard InChI is InChI=1S/C9H18N2O2/c1-11-4-2-7(6-9(12)13)8(10)3-5-11/h7-8H,2-6,10H2,1H3,(H,12,13)/t7-,8+/m1/s1. The zero-order chi connectivity index (χ0) is 9.84. The molecule has 0 amide bonds. The number of carbonyl (C=O) groups is 1. The van der Waals surface area contributed by atoms with Crippen LogP contribution in [0.15, 0.2) is 0 Å². The maximum absolute atomic E-state index is 10.5. The number of hydrogen-bond donors (Lipinski definition) is 2. The van der Waals surface area contributed by atoms with Crippen molar-refractivity contribution in [1.82, 2.24) is 4.90 Å². The third kappa shape index (κ3) is 3.32. The van der Waals surface area contributed by atoms with Crippen LogP contribution in [0.25, 0.3) is 0 Å². The van der Waals surface area contributed by atoms with E-state index in [-0.39, 0.29) is 18.4 Å². The molecule has 0 spiro atoms. The summed E-state index contributed by atoms with van der Waals surface area (Å²) in [6, 6.07) is 0.0565. The molecule has 0 saturated carbocycles. The summed E-state index contributed by atoms with van der Waals surface area (Å²) < 4.78 is 0. The molecule has 13 heavy (non-hydrogen) atoms. The lowest BCUT2D eigenvalue weighted by Crippen LogP contribution is -2.31. The van der Waals surface area contributed by atoms with Crippen molar-refractivity contribution in [2.24, 2.45) is 11.7 Å². The number of aliphatic carboxylic acids is 1. The van der Waals surface area contributed by atoms with E-state index >= 15 is 0 Å². The van der Waals surface area contributed by atoms with Gasteiger partial charge in [0.2, 0.25) is 0 Å². The van der Waals surface area contributed by atoms with E-state index in [1.807, 2.05) is 0 Å². The molecule has 1 fully saturated rings. The van der Waals surface area contributed by atoms with Crippen LogP contribution in [0.5, 0.6) is 0 Å². The van der Waals surface area contributed by atoms with E-state index in [1.54, 1.807) is 0 Å². The fraction of sp³-hybridized carbons (Fsp3) is 0.889. The van der Waals surface area contributed by atoms with E-state index in [4.69, 9.17) is 10.8 Å². The number of nitrogens with two attached hydrogens (primary N) is 1. The largest absolute Gasteiger partial charge is 0.481 e. The van der Waals surface area contributed by atoms with Gasteiger partial charge in [-0.2, -0.15) is 0 Å². The lowest BCUT2D eigenvalue weighted by Gasteiger charge is -2.18. The Kier molecular flexibility index (Phi) is 3.69. The van der Waals surface area contributed by atoms with Crippen molar-refractivity contribution < 1.29 is 9.90 Å². The topological polar surface area (TPSA) is 66.6 Å². The van der Waals surface area contributed by atoms with Crippen LogP contribution in [0.1, 0.15) is 19.3 Å². The van der Waals surface area contributed by atoms with Gasteiger partial charge in [0.15, 0.2) is 0 Å². The van der Waals surface area contributed by atoms with Gasteiger partial charge in [-0.25, -0.2) is 0 Å². The molecule has 4 heteroatoms. The highest BCUT2D eigenvalue weighted by Gasteiger charge is 2.24. The van der Waals surface area contributed by atoms with Gasteiger partial charge in [0.25, 0.3) is 0 Å². The second-order valence-electron chi connectivity index (χ2n) is 3.90. The minimum absolute atomic E-state index is 0.0565. The van der Waals surface area contributed by atoms with Crippen LogP contribution in [0, 0.1) is 5.92 Å². The molecule has 2 atom stereocenters. The normalized spacial score (nSPS) is 31.2. The smallest absolute Gasteiger partial charge is 0.303 e. The van der Waals surface area contributed by atoms with Crippen molar-refractivity contribution in [2.75, 3.05) is 20.1 Å². The fourth-order valence-electron chi connectivity index (χ4n) is 1.79. The summed E-state index contributed by atoms with van der Waals surface area (Å²) in [5, 5.41) is 8.67. The Morgan fingerprint density at radius 2 is 2.15 bits per heavy atom. The van der Waals surface area contributed by atoms with E-state index in [0.29, 0.717) is 0 Å². The third-order valence-corrected chi connectivity index (χ3v) is 2.77. The van der Waals surface area contributed by atoms with Crippen LogP contribution >= 0.6 is 0 Å². The SMILES string of the molecule is CN1CC[C@H](CC(=O)O)[C@@H](N)CC1. The van der Waals surface area contributed by atoms with Crippen molar-refractivity contribution in [2.45, 2.75) is 25.3 Å². The van der Waals surface area contributed by atoms with Gasteiger partial charge < -0.3 is 15.7 Å². The van der Waals surface area contributed by atoms with Crippen LogP contribution in [0.3, 0.4) is 0 Å². The summed E-state index contributed by atoms with van der Waals surface area (Å²) in [4.78, 5) is 12.7. The highest BCUT2D eigenvalue weighted by Crippen LogP contribution is 2.19. The molecule has 4 nitrogen and oxygen atoms in total. The third-order valence-electron chi connectivity index (χ3n) is 2.77. The van der Waals surface area contributed by atoms with E-state index in [9.17, 15) is 4.79 Å². The summed E-state index contributed by atoms with van der Waals surface area (Å²) >= 11 is 0. The molecule has 0 aromatic carbocycles. The highest BCUT2D eigenvalue weighted by molar-refractivity contribution is 5.67. The van der Waals surface area contributed by atoms with Gasteiger partial charge in [-0.1, -0.05) is 0 Å². The minimum atomic E-state index is -0.731. The van der Waals surface area contributed by atoms with E-state index in [0.717, 1.165) is 25.9 Å². The Morgan fingerprint density at radius 3 is 2.77 bits per heavy atom. The van der Waals surface area contributed by atoms with Crippen molar-refractivity contribution in [3.05, 3.63) is 0 Å². The number of carboxylic acid groups (broad SMARTS) is 1. The first-order valence-electron chi connectivity index (χ1n) is 4.75. The average Bonchev–Trinajstić information content (AvgIpc) is 2.19. The van der Waals surface area contributed by atoms with Gasteiger partial charge in [0.05, 0.1) is 0 Å². The van der Waals surface area contributed by atoms with Crippen LogP contribution in [-0.2, 0) is 4.79 Å². The quantitative estimate of drug-likeness (QED) is 0.643. The molecule has 76 valence electrons. The van der Waals surface area contributed by atoms with E-state index in [1.165, 1.54) is 0 Å². The average molecular weight is 186 g/mol. The molecule has 0 bridgehead atoms. The molecule has 0 radical (unpaired) electrons. The molecule has 0 aliphatic carbocycles. The molecule has 0 unspecified atom stereocenters. The van der Waals surface area contributed by atoms with E-state index in [2.05, 4.69) is 11.9 Å². The van der Waals surface area contributed by atoms with Gasteiger partial charge in [0, 0.05) is 12.5 Å². The maximum Gasteiger partial charge on any atom is 0.303 e. The van der Waals surface area contributed by atoms with Gasteiger partial charge >= 0.3 is 5.97 Å². The molecular formula is C9H18N2O2. The first-order valence-corrected chi connectivity index (χ1v) is 4.75.